The number of ether oxygens (including phenoxy) is 1. The van der Waals surface area contributed by atoms with E-state index in [0.717, 1.165) is 18.5 Å². The molecule has 0 aliphatic carbocycles. The number of likely N-dealkylation sites (tertiary alicyclic amines) is 1. The first-order chi connectivity index (χ1) is 15.6. The normalized spacial score (nSPS) is 22.0. The van der Waals surface area contributed by atoms with Crippen LogP contribution < -0.4 is 4.90 Å². The second-order valence-corrected chi connectivity index (χ2v) is 7.93. The topological polar surface area (TPSA) is 91.6 Å². The lowest BCUT2D eigenvalue weighted by Gasteiger charge is -2.34. The number of carbonyl (C=O) groups excluding carboxylic acids is 3. The van der Waals surface area contributed by atoms with Gasteiger partial charge in [0.25, 0.3) is 5.91 Å². The molecule has 0 unspecified atom stereocenters. The van der Waals surface area contributed by atoms with Gasteiger partial charge in [-0.05, 0) is 62.7 Å². The summed E-state index contributed by atoms with van der Waals surface area (Å²) in [5.41, 5.74) is 1.88. The molecular weight excluding hydrogens is 408 g/mol. The summed E-state index contributed by atoms with van der Waals surface area (Å²) in [5.74, 6) is -0.976. The van der Waals surface area contributed by atoms with Crippen LogP contribution in [0.25, 0.3) is 0 Å². The molecule has 2 aliphatic rings. The zero-order valence-electron chi connectivity index (χ0n) is 18.0. The second-order valence-electron chi connectivity index (χ2n) is 7.93. The molecule has 32 heavy (non-hydrogen) atoms. The van der Waals surface area contributed by atoms with Crippen LogP contribution in [0.15, 0.2) is 64.8 Å². The summed E-state index contributed by atoms with van der Waals surface area (Å²) in [6.07, 6.45) is 1.65. The zero-order chi connectivity index (χ0) is 22.5. The highest BCUT2D eigenvalue weighted by Crippen LogP contribution is 2.30. The number of nitrogens with zero attached hydrogens (tertiary/aromatic N) is 4. The van der Waals surface area contributed by atoms with Crippen molar-refractivity contribution in [2.24, 2.45) is 16.1 Å². The molecule has 2 aromatic carbocycles. The number of carbonyl (C=O) groups is 3. The number of piperidine rings is 1. The minimum absolute atomic E-state index is 0.115. The van der Waals surface area contributed by atoms with Crippen LogP contribution in [0, 0.1) is 5.92 Å². The van der Waals surface area contributed by atoms with Crippen LogP contribution in [0.2, 0.25) is 0 Å². The van der Waals surface area contributed by atoms with E-state index in [-0.39, 0.29) is 30.1 Å². The van der Waals surface area contributed by atoms with E-state index in [9.17, 15) is 14.4 Å². The molecule has 2 fully saturated rings. The highest BCUT2D eigenvalue weighted by molar-refractivity contribution is 6.22. The maximum absolute atomic E-state index is 13.1. The highest BCUT2D eigenvalue weighted by atomic mass is 16.5. The standard InChI is InChI=1S/C24H26N4O4/c1-2-32-24(31)17-7-6-14-27(16-17)21-15-22(29)28(23(21)30)20-12-10-19(11-13-20)26-25-18-8-4-3-5-9-18/h3-5,8-13,17,21H,2,6-7,14-16H2,1H3/t17-,21-/m0/s1. The van der Waals surface area contributed by atoms with Gasteiger partial charge in [-0.3, -0.25) is 19.3 Å². The van der Waals surface area contributed by atoms with Gasteiger partial charge in [-0.1, -0.05) is 18.2 Å². The van der Waals surface area contributed by atoms with E-state index in [2.05, 4.69) is 10.2 Å². The fourth-order valence-electron chi connectivity index (χ4n) is 4.19. The van der Waals surface area contributed by atoms with Crippen molar-refractivity contribution in [2.45, 2.75) is 32.2 Å². The van der Waals surface area contributed by atoms with Crippen molar-refractivity contribution in [3.8, 4) is 0 Å². The monoisotopic (exact) mass is 434 g/mol. The molecule has 166 valence electrons. The SMILES string of the molecule is CCOC(=O)[C@H]1CCCN([C@H]2CC(=O)N(c3ccc(N=Nc4ccccc4)cc3)C2=O)C1. The van der Waals surface area contributed by atoms with E-state index < -0.39 is 6.04 Å². The smallest absolute Gasteiger partial charge is 0.310 e. The molecule has 0 aromatic heterocycles. The molecule has 0 spiro atoms. The Morgan fingerprint density at radius 2 is 1.72 bits per heavy atom. The van der Waals surface area contributed by atoms with Gasteiger partial charge in [-0.2, -0.15) is 10.2 Å². The molecule has 2 atom stereocenters. The average Bonchev–Trinajstić information content (AvgIpc) is 3.13. The van der Waals surface area contributed by atoms with E-state index in [1.54, 1.807) is 31.2 Å². The summed E-state index contributed by atoms with van der Waals surface area (Å²) >= 11 is 0. The third kappa shape index (κ3) is 4.75. The summed E-state index contributed by atoms with van der Waals surface area (Å²) in [5, 5.41) is 8.37. The highest BCUT2D eigenvalue weighted by Gasteiger charge is 2.44. The second kappa shape index (κ2) is 9.82. The van der Waals surface area contributed by atoms with Gasteiger partial charge in [0.05, 0.1) is 42.0 Å². The summed E-state index contributed by atoms with van der Waals surface area (Å²) in [4.78, 5) is 41.1. The average molecular weight is 434 g/mol. The predicted octanol–water partition coefficient (Wildman–Crippen LogP) is 4.01. The van der Waals surface area contributed by atoms with Crippen LogP contribution in [-0.4, -0.2) is 48.4 Å². The molecule has 8 heteroatoms. The first kappa shape index (κ1) is 21.8. The molecule has 0 saturated carbocycles. The van der Waals surface area contributed by atoms with E-state index in [1.165, 1.54) is 4.90 Å². The van der Waals surface area contributed by atoms with Gasteiger partial charge in [-0.15, -0.1) is 0 Å². The molecule has 2 amide bonds. The number of amides is 2. The van der Waals surface area contributed by atoms with Crippen LogP contribution in [-0.2, 0) is 19.1 Å². The molecule has 2 aliphatic heterocycles. The van der Waals surface area contributed by atoms with Crippen molar-refractivity contribution in [3.63, 3.8) is 0 Å². The first-order valence-corrected chi connectivity index (χ1v) is 10.9. The fraction of sp³-hybridized carbons (Fsp3) is 0.375. The maximum atomic E-state index is 13.1. The minimum atomic E-state index is -0.544. The number of hydrogen-bond donors (Lipinski definition) is 0. The number of rotatable bonds is 6. The third-order valence-corrected chi connectivity index (χ3v) is 5.78. The Morgan fingerprint density at radius 3 is 2.41 bits per heavy atom. The summed E-state index contributed by atoms with van der Waals surface area (Å²) in [6, 6.07) is 15.7. The molecule has 2 heterocycles. The van der Waals surface area contributed by atoms with Crippen molar-refractivity contribution in [2.75, 3.05) is 24.6 Å². The minimum Gasteiger partial charge on any atom is -0.466 e. The molecule has 0 bridgehead atoms. The van der Waals surface area contributed by atoms with E-state index >= 15 is 0 Å². The fourth-order valence-corrected chi connectivity index (χ4v) is 4.19. The van der Waals surface area contributed by atoms with E-state index in [0.29, 0.717) is 31.1 Å². The quantitative estimate of drug-likeness (QED) is 0.389. The van der Waals surface area contributed by atoms with Crippen LogP contribution in [0.4, 0.5) is 17.1 Å². The Bertz CT molecular complexity index is 1010. The molecule has 0 radical (unpaired) electrons. The third-order valence-electron chi connectivity index (χ3n) is 5.78. The van der Waals surface area contributed by atoms with Gasteiger partial charge in [0.2, 0.25) is 5.91 Å². The van der Waals surface area contributed by atoms with E-state index in [4.69, 9.17) is 4.74 Å². The predicted molar refractivity (Wildman–Crippen MR) is 119 cm³/mol. The Morgan fingerprint density at radius 1 is 1.03 bits per heavy atom. The van der Waals surface area contributed by atoms with Gasteiger partial charge in [0.15, 0.2) is 0 Å². The largest absolute Gasteiger partial charge is 0.466 e. The number of esters is 1. The molecular formula is C24H26N4O4. The van der Waals surface area contributed by atoms with Crippen molar-refractivity contribution >= 4 is 34.8 Å². The zero-order valence-corrected chi connectivity index (χ0v) is 18.0. The summed E-state index contributed by atoms with van der Waals surface area (Å²) in [7, 11) is 0. The van der Waals surface area contributed by atoms with Crippen LogP contribution in [0.3, 0.4) is 0 Å². The first-order valence-electron chi connectivity index (χ1n) is 10.9. The van der Waals surface area contributed by atoms with Crippen LogP contribution >= 0.6 is 0 Å². The van der Waals surface area contributed by atoms with Gasteiger partial charge >= 0.3 is 5.97 Å². The Labute approximate surface area is 186 Å². The van der Waals surface area contributed by atoms with Gasteiger partial charge in [-0.25, -0.2) is 4.90 Å². The molecule has 0 N–H and O–H groups in total. The molecule has 2 saturated heterocycles. The Hall–Kier alpha value is -3.39. The van der Waals surface area contributed by atoms with Gasteiger partial charge < -0.3 is 4.74 Å². The van der Waals surface area contributed by atoms with Gasteiger partial charge in [0, 0.05) is 6.54 Å². The van der Waals surface area contributed by atoms with Gasteiger partial charge in [0.1, 0.15) is 0 Å². The summed E-state index contributed by atoms with van der Waals surface area (Å²) < 4.78 is 5.15. The summed E-state index contributed by atoms with van der Waals surface area (Å²) in [6.45, 7) is 3.25. The molecule has 4 rings (SSSR count). The lowest BCUT2D eigenvalue weighted by Crippen LogP contribution is -2.48. The lowest BCUT2D eigenvalue weighted by atomic mass is 9.96. The number of imide groups is 1. The van der Waals surface area contributed by atoms with Crippen molar-refractivity contribution in [3.05, 3.63) is 54.6 Å². The molecule has 8 nitrogen and oxygen atoms in total. The van der Waals surface area contributed by atoms with Crippen molar-refractivity contribution < 1.29 is 19.1 Å². The number of benzene rings is 2. The molecule has 2 aromatic rings. The Kier molecular flexibility index (Phi) is 6.70. The van der Waals surface area contributed by atoms with Crippen LogP contribution in [0.1, 0.15) is 26.2 Å². The van der Waals surface area contributed by atoms with Crippen molar-refractivity contribution in [1.82, 2.24) is 4.90 Å². The lowest BCUT2D eigenvalue weighted by molar-refractivity contribution is -0.150. The number of anilines is 1. The number of hydrogen-bond acceptors (Lipinski definition) is 7. The van der Waals surface area contributed by atoms with Crippen molar-refractivity contribution in [1.29, 1.82) is 0 Å². The van der Waals surface area contributed by atoms with Crippen LogP contribution in [0.5, 0.6) is 0 Å². The number of azo groups is 1. The Balaban J connectivity index is 1.43. The van der Waals surface area contributed by atoms with E-state index in [1.807, 2.05) is 35.2 Å². The maximum Gasteiger partial charge on any atom is 0.310 e.